The zero-order valence-electron chi connectivity index (χ0n) is 13.2. The molecule has 2 amide bonds. The number of benzene rings is 1. The van der Waals surface area contributed by atoms with E-state index in [1.54, 1.807) is 19.2 Å². The maximum atomic E-state index is 12.1. The van der Waals surface area contributed by atoms with Crippen LogP contribution in [0.25, 0.3) is 0 Å². The molecule has 120 valence electrons. The smallest absolute Gasteiger partial charge is 0.251 e. The molecule has 1 aromatic carbocycles. The Morgan fingerprint density at radius 2 is 2.14 bits per heavy atom. The van der Waals surface area contributed by atoms with Gasteiger partial charge in [-0.2, -0.15) is 0 Å². The minimum absolute atomic E-state index is 0.0693. The molecule has 6 heteroatoms. The lowest BCUT2D eigenvalue weighted by Gasteiger charge is -2.29. The van der Waals surface area contributed by atoms with E-state index in [1.807, 2.05) is 19.9 Å². The number of hydrogen-bond donors (Lipinski definition) is 3. The van der Waals surface area contributed by atoms with Gasteiger partial charge in [-0.05, 0) is 30.5 Å². The Morgan fingerprint density at radius 1 is 1.36 bits per heavy atom. The van der Waals surface area contributed by atoms with Crippen molar-refractivity contribution >= 4 is 23.2 Å². The second-order valence-electron chi connectivity index (χ2n) is 5.72. The van der Waals surface area contributed by atoms with Crippen molar-refractivity contribution in [2.24, 2.45) is 5.92 Å². The first-order valence-electron chi connectivity index (χ1n) is 7.51. The third-order valence-corrected chi connectivity index (χ3v) is 3.61. The lowest BCUT2D eigenvalue weighted by atomic mass is 9.99. The molecule has 1 heterocycles. The summed E-state index contributed by atoms with van der Waals surface area (Å²) in [5, 5.41) is 8.90. The van der Waals surface area contributed by atoms with Crippen molar-refractivity contribution in [3.63, 3.8) is 0 Å². The molecule has 6 nitrogen and oxygen atoms in total. The monoisotopic (exact) mass is 305 g/mol. The Bertz CT molecular complexity index is 558. The number of amides is 2. The highest BCUT2D eigenvalue weighted by molar-refractivity contribution is 6.05. The summed E-state index contributed by atoms with van der Waals surface area (Å²) in [4.78, 5) is 24.1. The SMILES string of the molecule is COCCCNC(=O)c1ccc2c(c1)NC(=O)C(C(C)C)N2. The van der Waals surface area contributed by atoms with Gasteiger partial charge in [-0.3, -0.25) is 9.59 Å². The number of hydrogen-bond acceptors (Lipinski definition) is 4. The van der Waals surface area contributed by atoms with Crippen LogP contribution in [0.3, 0.4) is 0 Å². The second-order valence-corrected chi connectivity index (χ2v) is 5.72. The average Bonchev–Trinajstić information content (AvgIpc) is 2.49. The average molecular weight is 305 g/mol. The molecule has 1 aliphatic heterocycles. The van der Waals surface area contributed by atoms with E-state index in [2.05, 4.69) is 16.0 Å². The molecule has 2 rings (SSSR count). The predicted molar refractivity (Wildman–Crippen MR) is 86.1 cm³/mol. The minimum Gasteiger partial charge on any atom is -0.385 e. The fourth-order valence-electron chi connectivity index (χ4n) is 2.35. The van der Waals surface area contributed by atoms with Gasteiger partial charge < -0.3 is 20.7 Å². The molecule has 22 heavy (non-hydrogen) atoms. The van der Waals surface area contributed by atoms with Crippen molar-refractivity contribution < 1.29 is 14.3 Å². The number of carbonyl (C=O) groups is 2. The lowest BCUT2D eigenvalue weighted by molar-refractivity contribution is -0.117. The van der Waals surface area contributed by atoms with Crippen molar-refractivity contribution in [2.75, 3.05) is 30.9 Å². The zero-order chi connectivity index (χ0) is 16.1. The Balaban J connectivity index is 2.04. The minimum atomic E-state index is -0.249. The van der Waals surface area contributed by atoms with Crippen LogP contribution in [0.5, 0.6) is 0 Å². The summed E-state index contributed by atoms with van der Waals surface area (Å²) in [5.41, 5.74) is 2.02. The highest BCUT2D eigenvalue weighted by Gasteiger charge is 2.28. The van der Waals surface area contributed by atoms with Crippen molar-refractivity contribution in [1.82, 2.24) is 5.32 Å². The van der Waals surface area contributed by atoms with Crippen LogP contribution in [0.1, 0.15) is 30.6 Å². The summed E-state index contributed by atoms with van der Waals surface area (Å²) in [5.74, 6) is -0.0313. The molecular weight excluding hydrogens is 282 g/mol. The van der Waals surface area contributed by atoms with Gasteiger partial charge in [-0.25, -0.2) is 0 Å². The molecule has 0 saturated heterocycles. The van der Waals surface area contributed by atoms with E-state index in [9.17, 15) is 9.59 Å². The van der Waals surface area contributed by atoms with E-state index in [4.69, 9.17) is 4.74 Å². The first-order valence-corrected chi connectivity index (χ1v) is 7.51. The van der Waals surface area contributed by atoms with Crippen molar-refractivity contribution in [3.05, 3.63) is 23.8 Å². The van der Waals surface area contributed by atoms with E-state index in [-0.39, 0.29) is 23.8 Å². The van der Waals surface area contributed by atoms with E-state index < -0.39 is 0 Å². The normalized spacial score (nSPS) is 16.7. The molecule has 0 fully saturated rings. The molecule has 0 radical (unpaired) electrons. The maximum Gasteiger partial charge on any atom is 0.251 e. The number of ether oxygens (including phenoxy) is 1. The Kier molecular flexibility index (Phi) is 5.38. The van der Waals surface area contributed by atoms with Crippen LogP contribution in [0.15, 0.2) is 18.2 Å². The van der Waals surface area contributed by atoms with Gasteiger partial charge in [0.1, 0.15) is 6.04 Å². The molecule has 1 unspecified atom stereocenters. The molecule has 0 aliphatic carbocycles. The van der Waals surface area contributed by atoms with Gasteiger partial charge in [0.05, 0.1) is 11.4 Å². The first-order chi connectivity index (χ1) is 10.5. The number of rotatable bonds is 6. The third-order valence-electron chi connectivity index (χ3n) is 3.61. The highest BCUT2D eigenvalue weighted by Crippen LogP contribution is 2.29. The van der Waals surface area contributed by atoms with Crippen LogP contribution in [0, 0.1) is 5.92 Å². The first kappa shape index (κ1) is 16.3. The van der Waals surface area contributed by atoms with E-state index in [1.165, 1.54) is 0 Å². The molecular formula is C16H23N3O3. The number of carbonyl (C=O) groups excluding carboxylic acids is 2. The van der Waals surface area contributed by atoms with E-state index >= 15 is 0 Å². The van der Waals surface area contributed by atoms with Crippen molar-refractivity contribution in [3.8, 4) is 0 Å². The van der Waals surface area contributed by atoms with Crippen molar-refractivity contribution in [2.45, 2.75) is 26.3 Å². The second kappa shape index (κ2) is 7.26. The van der Waals surface area contributed by atoms with Crippen LogP contribution in [0.2, 0.25) is 0 Å². The largest absolute Gasteiger partial charge is 0.385 e. The summed E-state index contributed by atoms with van der Waals surface area (Å²) >= 11 is 0. The molecule has 1 aromatic rings. The number of methoxy groups -OCH3 is 1. The Labute approximate surface area is 130 Å². The summed E-state index contributed by atoms with van der Waals surface area (Å²) in [6, 6.07) is 5.03. The summed E-state index contributed by atoms with van der Waals surface area (Å²) < 4.78 is 4.94. The summed E-state index contributed by atoms with van der Waals surface area (Å²) in [7, 11) is 1.63. The Hall–Kier alpha value is -2.08. The number of anilines is 2. The van der Waals surface area contributed by atoms with Crippen LogP contribution in [-0.2, 0) is 9.53 Å². The van der Waals surface area contributed by atoms with Crippen LogP contribution < -0.4 is 16.0 Å². The van der Waals surface area contributed by atoms with Crippen molar-refractivity contribution in [1.29, 1.82) is 0 Å². The van der Waals surface area contributed by atoms with Gasteiger partial charge >= 0.3 is 0 Å². The van der Waals surface area contributed by atoms with Gasteiger partial charge in [0.2, 0.25) is 5.91 Å². The highest BCUT2D eigenvalue weighted by atomic mass is 16.5. The van der Waals surface area contributed by atoms with E-state index in [0.717, 1.165) is 12.1 Å². The number of fused-ring (bicyclic) bond motifs is 1. The molecule has 0 bridgehead atoms. The predicted octanol–water partition coefficient (Wildman–Crippen LogP) is 1.84. The van der Waals surface area contributed by atoms with Gasteiger partial charge in [0.15, 0.2) is 0 Å². The van der Waals surface area contributed by atoms with Gasteiger partial charge in [-0.1, -0.05) is 13.8 Å². The fourth-order valence-corrected chi connectivity index (χ4v) is 2.35. The topological polar surface area (TPSA) is 79.5 Å². The Morgan fingerprint density at radius 3 is 2.82 bits per heavy atom. The third kappa shape index (κ3) is 3.76. The standard InChI is InChI=1S/C16H23N3O3/c1-10(2)14-16(21)19-13-9-11(5-6-12(13)18-14)15(20)17-7-4-8-22-3/h5-6,9-10,14,18H,4,7-8H2,1-3H3,(H,17,20)(H,19,21). The molecule has 0 aromatic heterocycles. The molecule has 0 saturated carbocycles. The fraction of sp³-hybridized carbons (Fsp3) is 0.500. The molecule has 0 spiro atoms. The maximum absolute atomic E-state index is 12.1. The number of nitrogens with one attached hydrogen (secondary N) is 3. The quantitative estimate of drug-likeness (QED) is 0.701. The summed E-state index contributed by atoms with van der Waals surface area (Å²) in [6.45, 7) is 5.15. The van der Waals surface area contributed by atoms with Gasteiger partial charge in [0.25, 0.3) is 5.91 Å². The van der Waals surface area contributed by atoms with Gasteiger partial charge in [0, 0.05) is 25.8 Å². The zero-order valence-corrected chi connectivity index (χ0v) is 13.2. The van der Waals surface area contributed by atoms with Crippen LogP contribution in [0.4, 0.5) is 11.4 Å². The lowest BCUT2D eigenvalue weighted by Crippen LogP contribution is -2.42. The van der Waals surface area contributed by atoms with E-state index in [0.29, 0.717) is 24.4 Å². The van der Waals surface area contributed by atoms with Crippen LogP contribution in [-0.4, -0.2) is 38.1 Å². The molecule has 3 N–H and O–H groups in total. The summed E-state index contributed by atoms with van der Waals surface area (Å²) in [6.07, 6.45) is 0.765. The van der Waals surface area contributed by atoms with Crippen LogP contribution >= 0.6 is 0 Å². The molecule has 1 aliphatic rings. The molecule has 1 atom stereocenters. The van der Waals surface area contributed by atoms with Gasteiger partial charge in [-0.15, -0.1) is 0 Å².